The Hall–Kier alpha value is -3.14. The summed E-state index contributed by atoms with van der Waals surface area (Å²) in [5.41, 5.74) is -0.858. The van der Waals surface area contributed by atoms with Crippen LogP contribution in [0.1, 0.15) is 16.1 Å². The molecule has 27 heavy (non-hydrogen) atoms. The summed E-state index contributed by atoms with van der Waals surface area (Å²) in [5.74, 6) is -2.59. The number of aromatic nitrogens is 2. The molecule has 1 aromatic heterocycles. The fraction of sp³-hybridized carbons (Fsp3) is 0.250. The Morgan fingerprint density at radius 3 is 2.70 bits per heavy atom. The smallest absolute Gasteiger partial charge is 0.298 e. The normalized spacial score (nSPS) is 13.6. The molecule has 0 saturated carbocycles. The van der Waals surface area contributed by atoms with Crippen molar-refractivity contribution >= 4 is 29.4 Å². The number of fused-ring (bicyclic) bond motifs is 1. The van der Waals surface area contributed by atoms with Crippen LogP contribution in [0.25, 0.3) is 0 Å². The molecule has 0 fully saturated rings. The highest BCUT2D eigenvalue weighted by atomic mass is 35.5. The predicted molar refractivity (Wildman–Crippen MR) is 93.9 cm³/mol. The second kappa shape index (κ2) is 6.88. The number of aromatic hydroxyl groups is 1. The molecule has 0 saturated heterocycles. The molecule has 0 atom stereocenters. The van der Waals surface area contributed by atoms with Crippen LogP contribution < -0.4 is 15.9 Å². The molecule has 2 heterocycles. The maximum absolute atomic E-state index is 13.2. The van der Waals surface area contributed by atoms with Gasteiger partial charge in [0.05, 0.1) is 5.02 Å². The van der Waals surface area contributed by atoms with Crippen LogP contribution in [0, 0.1) is 5.82 Å². The number of nitrogens with one attached hydrogen (secondary N) is 1. The molecule has 1 aromatic carbocycles. The topological polar surface area (TPSA) is 108 Å². The first-order chi connectivity index (χ1) is 12.7. The Balaban J connectivity index is 1.89. The van der Waals surface area contributed by atoms with Crippen LogP contribution in [0.3, 0.4) is 0 Å². The van der Waals surface area contributed by atoms with Gasteiger partial charge in [0.15, 0.2) is 5.69 Å². The van der Waals surface area contributed by atoms with Crippen molar-refractivity contribution in [2.45, 2.75) is 13.1 Å². The van der Waals surface area contributed by atoms with E-state index in [9.17, 15) is 23.9 Å². The molecule has 3 rings (SSSR count). The van der Waals surface area contributed by atoms with E-state index in [0.717, 1.165) is 10.6 Å². The minimum absolute atomic E-state index is 0.0212. The van der Waals surface area contributed by atoms with Crippen LogP contribution in [0.15, 0.2) is 23.0 Å². The molecule has 0 aliphatic carbocycles. The lowest BCUT2D eigenvalue weighted by atomic mass is 10.2. The average Bonchev–Trinajstić information content (AvgIpc) is 2.64. The largest absolute Gasteiger partial charge is 0.501 e. The summed E-state index contributed by atoms with van der Waals surface area (Å²) in [4.78, 5) is 40.6. The van der Waals surface area contributed by atoms with Crippen molar-refractivity contribution in [2.24, 2.45) is 0 Å². The second-order valence-corrected chi connectivity index (χ2v) is 6.28. The minimum atomic E-state index is -0.900. The Morgan fingerprint density at radius 2 is 2.04 bits per heavy atom. The van der Waals surface area contributed by atoms with Gasteiger partial charge in [-0.1, -0.05) is 17.7 Å². The van der Waals surface area contributed by atoms with Crippen molar-refractivity contribution in [3.63, 3.8) is 0 Å². The number of hydrazine groups is 1. The van der Waals surface area contributed by atoms with Gasteiger partial charge in [-0.05, 0) is 17.7 Å². The maximum Gasteiger partial charge on any atom is 0.298 e. The van der Waals surface area contributed by atoms with Gasteiger partial charge in [0, 0.05) is 20.6 Å². The zero-order valence-electron chi connectivity index (χ0n) is 14.4. The van der Waals surface area contributed by atoms with E-state index >= 15 is 0 Å². The van der Waals surface area contributed by atoms with Gasteiger partial charge in [-0.2, -0.15) is 0 Å². The number of anilines is 1. The lowest BCUT2D eigenvalue weighted by molar-refractivity contribution is -0.132. The third-order valence-electron chi connectivity index (χ3n) is 4.17. The first-order valence-corrected chi connectivity index (χ1v) is 8.14. The zero-order chi connectivity index (χ0) is 19.9. The Labute approximate surface area is 157 Å². The van der Waals surface area contributed by atoms with Crippen LogP contribution in [-0.2, 0) is 17.9 Å². The van der Waals surface area contributed by atoms with Gasteiger partial charge in [0.25, 0.3) is 17.4 Å². The summed E-state index contributed by atoms with van der Waals surface area (Å²) in [6, 6.07) is 3.94. The number of amides is 2. The van der Waals surface area contributed by atoms with Crippen LogP contribution >= 0.6 is 11.6 Å². The van der Waals surface area contributed by atoms with E-state index in [0.29, 0.717) is 5.56 Å². The van der Waals surface area contributed by atoms with Crippen molar-refractivity contribution in [1.82, 2.24) is 19.9 Å². The van der Waals surface area contributed by atoms with E-state index in [1.54, 1.807) is 0 Å². The summed E-state index contributed by atoms with van der Waals surface area (Å²) in [7, 11) is 2.98. The summed E-state index contributed by atoms with van der Waals surface area (Å²) in [5, 5.41) is 15.0. The molecular weight excluding hydrogens is 381 g/mol. The molecule has 0 bridgehead atoms. The molecular formula is C16H15ClFN5O4. The van der Waals surface area contributed by atoms with Gasteiger partial charge in [-0.25, -0.2) is 9.37 Å². The lowest BCUT2D eigenvalue weighted by Gasteiger charge is -2.35. The van der Waals surface area contributed by atoms with Crippen LogP contribution in [-0.4, -0.2) is 45.6 Å². The van der Waals surface area contributed by atoms with Gasteiger partial charge in [-0.3, -0.25) is 29.0 Å². The van der Waals surface area contributed by atoms with E-state index in [2.05, 4.69) is 10.3 Å². The molecule has 11 heteroatoms. The fourth-order valence-corrected chi connectivity index (χ4v) is 2.74. The number of carbonyl (C=O) groups excluding carboxylic acids is 2. The van der Waals surface area contributed by atoms with E-state index < -0.39 is 28.7 Å². The van der Waals surface area contributed by atoms with Crippen LogP contribution in [0.2, 0.25) is 5.02 Å². The molecule has 142 valence electrons. The quantitative estimate of drug-likeness (QED) is 0.783. The van der Waals surface area contributed by atoms with Crippen LogP contribution in [0.5, 0.6) is 5.75 Å². The third-order valence-corrected chi connectivity index (χ3v) is 4.46. The van der Waals surface area contributed by atoms with Gasteiger partial charge in [0.2, 0.25) is 11.7 Å². The van der Waals surface area contributed by atoms with Gasteiger partial charge < -0.3 is 10.4 Å². The standard InChI is InChI=1S/C16H15ClFN5O4/c1-21-11(24)7-23-15(27)13(25)12(20-16(23)22(21)2)14(26)19-6-8-3-4-10(18)9(17)5-8/h3-5,25H,6-7H2,1-2H3,(H,19,26). The van der Waals surface area contributed by atoms with Crippen molar-refractivity contribution < 1.29 is 19.1 Å². The molecule has 9 nitrogen and oxygen atoms in total. The molecule has 0 unspecified atom stereocenters. The number of rotatable bonds is 3. The monoisotopic (exact) mass is 395 g/mol. The molecule has 2 amide bonds. The third kappa shape index (κ3) is 3.31. The fourth-order valence-electron chi connectivity index (χ4n) is 2.54. The first-order valence-electron chi connectivity index (χ1n) is 7.76. The summed E-state index contributed by atoms with van der Waals surface area (Å²) < 4.78 is 14.2. The summed E-state index contributed by atoms with van der Waals surface area (Å²) >= 11 is 5.69. The van der Waals surface area contributed by atoms with E-state index in [1.165, 1.54) is 36.2 Å². The molecule has 0 spiro atoms. The number of nitrogens with zero attached hydrogens (tertiary/aromatic N) is 4. The molecule has 2 N–H and O–H groups in total. The molecule has 1 aliphatic heterocycles. The highest BCUT2D eigenvalue weighted by Crippen LogP contribution is 2.20. The molecule has 1 aliphatic rings. The second-order valence-electron chi connectivity index (χ2n) is 5.87. The molecule has 0 radical (unpaired) electrons. The number of benzene rings is 1. The number of likely N-dealkylation sites (N-methyl/N-ethyl adjacent to an activating group) is 1. The van der Waals surface area contributed by atoms with E-state index in [-0.39, 0.29) is 30.0 Å². The van der Waals surface area contributed by atoms with Crippen molar-refractivity contribution in [1.29, 1.82) is 0 Å². The van der Waals surface area contributed by atoms with Crippen molar-refractivity contribution in [3.8, 4) is 5.75 Å². The van der Waals surface area contributed by atoms with E-state index in [4.69, 9.17) is 11.6 Å². The van der Waals surface area contributed by atoms with E-state index in [1.807, 2.05) is 0 Å². The number of halogens is 2. The average molecular weight is 396 g/mol. The van der Waals surface area contributed by atoms with Gasteiger partial charge >= 0.3 is 0 Å². The van der Waals surface area contributed by atoms with Crippen LogP contribution in [0.4, 0.5) is 10.3 Å². The maximum atomic E-state index is 13.2. The lowest BCUT2D eigenvalue weighted by Crippen LogP contribution is -2.51. The number of hydrogen-bond acceptors (Lipinski definition) is 6. The van der Waals surface area contributed by atoms with Crippen molar-refractivity contribution in [2.75, 3.05) is 19.1 Å². The highest BCUT2D eigenvalue weighted by molar-refractivity contribution is 6.30. The Kier molecular flexibility index (Phi) is 4.75. The zero-order valence-corrected chi connectivity index (χ0v) is 15.1. The highest BCUT2D eigenvalue weighted by Gasteiger charge is 2.30. The predicted octanol–water partition coefficient (Wildman–Crippen LogP) is 0.495. The first kappa shape index (κ1) is 18.6. The Bertz CT molecular complexity index is 1010. The number of carbonyl (C=O) groups is 2. The SMILES string of the molecule is CN1C(=O)Cn2c(nc(C(=O)NCc3ccc(F)c(Cl)c3)c(O)c2=O)N1C. The van der Waals surface area contributed by atoms with Gasteiger partial charge in [-0.15, -0.1) is 0 Å². The van der Waals surface area contributed by atoms with Crippen molar-refractivity contribution in [3.05, 3.63) is 50.7 Å². The van der Waals surface area contributed by atoms with Gasteiger partial charge in [0.1, 0.15) is 12.4 Å². The minimum Gasteiger partial charge on any atom is -0.501 e. The summed E-state index contributed by atoms with van der Waals surface area (Å²) in [6.07, 6.45) is 0. The Morgan fingerprint density at radius 1 is 1.33 bits per heavy atom. The summed E-state index contributed by atoms with van der Waals surface area (Å²) in [6.45, 7) is -0.321. The molecule has 2 aromatic rings. The number of hydrogen-bond donors (Lipinski definition) is 2.